The lowest BCUT2D eigenvalue weighted by atomic mass is 9.84. The van der Waals surface area contributed by atoms with Gasteiger partial charge >= 0.3 is 0 Å². The van der Waals surface area contributed by atoms with Crippen LogP contribution in [-0.2, 0) is 9.84 Å². The number of hydrogen-bond donors (Lipinski definition) is 1. The van der Waals surface area contributed by atoms with Crippen LogP contribution in [-0.4, -0.2) is 19.7 Å². The maximum absolute atomic E-state index is 13.5. The second-order valence-electron chi connectivity index (χ2n) is 4.51. The van der Waals surface area contributed by atoms with Gasteiger partial charge in [-0.15, -0.1) is 0 Å². The van der Waals surface area contributed by atoms with Crippen LogP contribution in [0.4, 0.5) is 10.1 Å². The van der Waals surface area contributed by atoms with Crippen molar-refractivity contribution < 1.29 is 12.8 Å². The Morgan fingerprint density at radius 3 is 2.69 bits per heavy atom. The molecule has 1 aliphatic heterocycles. The van der Waals surface area contributed by atoms with Gasteiger partial charge in [0.15, 0.2) is 9.84 Å². The average Bonchev–Trinajstić information content (AvgIpc) is 2.16. The van der Waals surface area contributed by atoms with Crippen LogP contribution < -0.4 is 5.32 Å². The highest BCUT2D eigenvalue weighted by atomic mass is 32.2. The van der Waals surface area contributed by atoms with Crippen LogP contribution in [0, 0.1) is 5.82 Å². The first kappa shape index (κ1) is 10.1. The summed E-state index contributed by atoms with van der Waals surface area (Å²) in [6.07, 6.45) is 2.29. The van der Waals surface area contributed by atoms with Crippen molar-refractivity contribution in [2.75, 3.05) is 11.9 Å². The number of benzene rings is 1. The molecule has 0 unspecified atom stereocenters. The predicted molar refractivity (Wildman–Crippen MR) is 58.7 cm³/mol. The molecule has 3 nitrogen and oxygen atoms in total. The van der Waals surface area contributed by atoms with Gasteiger partial charge in [0.1, 0.15) is 5.82 Å². The Morgan fingerprint density at radius 1 is 1.31 bits per heavy atom. The molecule has 1 N–H and O–H groups in total. The van der Waals surface area contributed by atoms with Crippen LogP contribution in [0.15, 0.2) is 23.1 Å². The maximum Gasteiger partial charge on any atom is 0.187 e. The summed E-state index contributed by atoms with van der Waals surface area (Å²) < 4.78 is 37.5. The minimum Gasteiger partial charge on any atom is -0.380 e. The van der Waals surface area contributed by atoms with E-state index in [9.17, 15) is 12.8 Å². The highest BCUT2D eigenvalue weighted by Gasteiger charge is 2.52. The molecule has 0 radical (unpaired) electrons. The van der Waals surface area contributed by atoms with Gasteiger partial charge in [0, 0.05) is 6.54 Å². The molecule has 0 bridgehead atoms. The number of para-hydroxylation sites is 1. The number of rotatable bonds is 0. The topological polar surface area (TPSA) is 46.2 Å². The molecule has 0 amide bonds. The molecule has 0 saturated heterocycles. The zero-order valence-electron chi connectivity index (χ0n) is 8.66. The molecule has 1 saturated carbocycles. The molecule has 5 heteroatoms. The molecule has 16 heavy (non-hydrogen) atoms. The standard InChI is InChI=1S/C11H12FNO2S/c12-8-3-1-4-9-10(8)13-7-11(5-2-6-11)16(9,14)15/h1,3-4,13H,2,5-7H2. The normalized spacial score (nSPS) is 24.3. The Bertz CT molecular complexity index is 549. The van der Waals surface area contributed by atoms with Crippen molar-refractivity contribution in [2.45, 2.75) is 28.9 Å². The van der Waals surface area contributed by atoms with E-state index in [4.69, 9.17) is 0 Å². The first-order chi connectivity index (χ1) is 7.57. The van der Waals surface area contributed by atoms with E-state index in [0.717, 1.165) is 6.42 Å². The number of hydrogen-bond acceptors (Lipinski definition) is 3. The van der Waals surface area contributed by atoms with E-state index in [1.807, 2.05) is 0 Å². The van der Waals surface area contributed by atoms with Gasteiger partial charge in [-0.3, -0.25) is 0 Å². The zero-order valence-corrected chi connectivity index (χ0v) is 9.48. The summed E-state index contributed by atoms with van der Waals surface area (Å²) in [4.78, 5) is 0.124. The van der Waals surface area contributed by atoms with Crippen LogP contribution in [0.3, 0.4) is 0 Å². The van der Waals surface area contributed by atoms with Crippen LogP contribution in [0.5, 0.6) is 0 Å². The summed E-state index contributed by atoms with van der Waals surface area (Å²) in [5.41, 5.74) is 0.139. The largest absolute Gasteiger partial charge is 0.380 e. The summed E-state index contributed by atoms with van der Waals surface area (Å²) in [5, 5.41) is 2.93. The van der Waals surface area contributed by atoms with Gasteiger partial charge in [0.2, 0.25) is 0 Å². The molecule has 1 aromatic carbocycles. The SMILES string of the molecule is O=S1(=O)c2cccc(F)c2NCC12CCC2. The van der Waals surface area contributed by atoms with E-state index in [1.165, 1.54) is 18.2 Å². The van der Waals surface area contributed by atoms with Crippen molar-refractivity contribution in [3.63, 3.8) is 0 Å². The lowest BCUT2D eigenvalue weighted by Gasteiger charge is -2.44. The summed E-state index contributed by atoms with van der Waals surface area (Å²) in [6.45, 7) is 0.337. The smallest absolute Gasteiger partial charge is 0.187 e. The number of halogens is 1. The van der Waals surface area contributed by atoms with Gasteiger partial charge in [0.25, 0.3) is 0 Å². The third kappa shape index (κ3) is 1.04. The van der Waals surface area contributed by atoms with Crippen molar-refractivity contribution in [3.05, 3.63) is 24.0 Å². The third-order valence-electron chi connectivity index (χ3n) is 3.69. The summed E-state index contributed by atoms with van der Waals surface area (Å²) in [6, 6.07) is 4.21. The fraction of sp³-hybridized carbons (Fsp3) is 0.455. The molecule has 2 aliphatic rings. The summed E-state index contributed by atoms with van der Waals surface area (Å²) in [7, 11) is -3.37. The fourth-order valence-corrected chi connectivity index (χ4v) is 4.75. The van der Waals surface area contributed by atoms with Crippen molar-refractivity contribution in [1.29, 1.82) is 0 Å². The molecule has 1 aromatic rings. The van der Waals surface area contributed by atoms with Gasteiger partial charge in [-0.05, 0) is 25.0 Å². The number of anilines is 1. The van der Waals surface area contributed by atoms with Crippen molar-refractivity contribution >= 4 is 15.5 Å². The maximum atomic E-state index is 13.5. The summed E-state index contributed by atoms with van der Waals surface area (Å²) in [5.74, 6) is -0.491. The van der Waals surface area contributed by atoms with Gasteiger partial charge in [0.05, 0.1) is 15.3 Å². The van der Waals surface area contributed by atoms with E-state index in [0.29, 0.717) is 19.4 Å². The van der Waals surface area contributed by atoms with E-state index in [1.54, 1.807) is 0 Å². The Labute approximate surface area is 93.6 Å². The zero-order chi connectivity index (χ0) is 11.4. The van der Waals surface area contributed by atoms with Crippen LogP contribution >= 0.6 is 0 Å². The molecule has 0 atom stereocenters. The molecule has 1 heterocycles. The predicted octanol–water partition coefficient (Wildman–Crippen LogP) is 1.95. The Morgan fingerprint density at radius 2 is 2.06 bits per heavy atom. The molecule has 0 aromatic heterocycles. The number of nitrogens with one attached hydrogen (secondary N) is 1. The molecular formula is C11H12FNO2S. The average molecular weight is 241 g/mol. The van der Waals surface area contributed by atoms with Crippen LogP contribution in [0.2, 0.25) is 0 Å². The van der Waals surface area contributed by atoms with Crippen molar-refractivity contribution in [2.24, 2.45) is 0 Å². The van der Waals surface area contributed by atoms with E-state index in [2.05, 4.69) is 5.32 Å². The van der Waals surface area contributed by atoms with Crippen LogP contribution in [0.25, 0.3) is 0 Å². The van der Waals surface area contributed by atoms with E-state index < -0.39 is 20.4 Å². The molecule has 1 fully saturated rings. The Hall–Kier alpha value is -1.10. The monoisotopic (exact) mass is 241 g/mol. The lowest BCUT2D eigenvalue weighted by Crippen LogP contribution is -2.53. The number of fused-ring (bicyclic) bond motifs is 1. The van der Waals surface area contributed by atoms with Gasteiger partial charge in [-0.2, -0.15) is 0 Å². The second kappa shape index (κ2) is 2.97. The quantitative estimate of drug-likeness (QED) is 0.755. The minimum atomic E-state index is -3.37. The molecule has 3 rings (SSSR count). The van der Waals surface area contributed by atoms with Crippen molar-refractivity contribution in [1.82, 2.24) is 0 Å². The molecule has 1 spiro atoms. The highest BCUT2D eigenvalue weighted by Crippen LogP contribution is 2.47. The Kier molecular flexibility index (Phi) is 1.87. The Balaban J connectivity index is 2.24. The molecule has 1 aliphatic carbocycles. The van der Waals surface area contributed by atoms with E-state index in [-0.39, 0.29) is 10.6 Å². The molecular weight excluding hydrogens is 229 g/mol. The van der Waals surface area contributed by atoms with Gasteiger partial charge in [-0.1, -0.05) is 12.5 Å². The van der Waals surface area contributed by atoms with Crippen LogP contribution in [0.1, 0.15) is 19.3 Å². The van der Waals surface area contributed by atoms with Gasteiger partial charge in [-0.25, -0.2) is 12.8 Å². The fourth-order valence-electron chi connectivity index (χ4n) is 2.49. The lowest BCUT2D eigenvalue weighted by molar-refractivity contribution is 0.346. The summed E-state index contributed by atoms with van der Waals surface area (Å²) >= 11 is 0. The minimum absolute atomic E-state index is 0.124. The van der Waals surface area contributed by atoms with Gasteiger partial charge < -0.3 is 5.32 Å². The van der Waals surface area contributed by atoms with E-state index >= 15 is 0 Å². The van der Waals surface area contributed by atoms with Crippen molar-refractivity contribution in [3.8, 4) is 0 Å². The second-order valence-corrected chi connectivity index (χ2v) is 6.82. The molecule has 86 valence electrons. The first-order valence-corrected chi connectivity index (χ1v) is 6.82. The first-order valence-electron chi connectivity index (χ1n) is 5.34. The highest BCUT2D eigenvalue weighted by molar-refractivity contribution is 7.93. The third-order valence-corrected chi connectivity index (χ3v) is 6.30. The number of sulfone groups is 1.